The molecular weight excluding hydrogens is 1090 g/mol. The largest absolute Gasteiger partial charge is 0.394 e. The van der Waals surface area contributed by atoms with Gasteiger partial charge in [-0.15, -0.1) is 0 Å². The lowest BCUT2D eigenvalue weighted by Crippen LogP contribution is -2.69. The highest BCUT2D eigenvalue weighted by Crippen LogP contribution is 2.39. The molecule has 22 heterocycles. The Balaban J connectivity index is 1.15. The quantitative estimate of drug-likeness (QED) is 0.0588. The van der Waals surface area contributed by atoms with Crippen molar-refractivity contribution in [3.8, 4) is 0 Å². The highest BCUT2D eigenvalue weighted by atomic mass is 32.2. The zero-order valence-electron chi connectivity index (χ0n) is 40.3. The van der Waals surface area contributed by atoms with E-state index in [1.807, 2.05) is 0 Å². The van der Waals surface area contributed by atoms with Crippen molar-refractivity contribution in [3.05, 3.63) is 34.4 Å². The van der Waals surface area contributed by atoms with Crippen molar-refractivity contribution in [3.63, 3.8) is 0 Å². The molecule has 22 saturated heterocycles. The summed E-state index contributed by atoms with van der Waals surface area (Å²) in [7, 11) is -5.31. The van der Waals surface area contributed by atoms with Crippen LogP contribution in [0.15, 0.2) is 29.2 Å². The van der Waals surface area contributed by atoms with Crippen LogP contribution in [0.1, 0.15) is 0 Å². The molecule has 78 heavy (non-hydrogen) atoms. The summed E-state index contributed by atoms with van der Waals surface area (Å²) in [6.45, 7) is -6.70. The number of nitrogens with zero attached hydrogens (tertiary/aromatic N) is 1. The van der Waals surface area contributed by atoms with Crippen molar-refractivity contribution in [2.24, 2.45) is 0 Å². The molecule has 1 aromatic rings. The molecule has 35 nitrogen and oxygen atoms in total. The first-order chi connectivity index (χ1) is 37.0. The Kier molecular flexibility index (Phi) is 20.1. The average molecular weight is 1160 g/mol. The van der Waals surface area contributed by atoms with E-state index < -0.39 is 250 Å². The molecule has 22 aliphatic heterocycles. The van der Waals surface area contributed by atoms with Gasteiger partial charge in [0.15, 0.2) is 37.7 Å². The van der Waals surface area contributed by atoms with Crippen LogP contribution in [-0.2, 0) is 71.1 Å². The van der Waals surface area contributed by atoms with Crippen LogP contribution < -0.4 is 0 Å². The van der Waals surface area contributed by atoms with Gasteiger partial charge >= 0.3 is 0 Å². The standard InChI is InChI=1S/C42H63NO34S/c44-5-13-30-19(50)24(55)37(65-13)72-31-14(6-45)67-39(26(57)21(31)52)74-33-16(8-47)69-41(28(59)23(33)54)76-35-18(10-49)70-42(29(60)36(35)77-78(63,64)12-3-1-2-11(4-12)43(61)62)75-34-17(9-48)68-40(27(58)22(34)53)73-32-15(7-46)66-38(71-30)25(56)20(32)51/h1-4,13-42,44-60H,5-10H2/t13-,14-,15-,16-,17-,18-,19-,20-,21-,22-,23-,24-,25-,26-,27-,28-,29-,30-,31-,32-,33-,34-,35+,36-,37-,38-,39-,40-,41-,42-/m1/s1. The molecule has 23 rings (SSSR count). The zero-order valence-corrected chi connectivity index (χ0v) is 41.1. The zero-order chi connectivity index (χ0) is 56.8. The smallest absolute Gasteiger partial charge is 0.297 e. The van der Waals surface area contributed by atoms with E-state index in [1.54, 1.807) is 0 Å². The molecule has 36 heteroatoms. The number of aliphatic hydroxyl groups excluding tert-OH is 17. The number of benzene rings is 1. The molecule has 22 fully saturated rings. The lowest BCUT2D eigenvalue weighted by molar-refractivity contribution is -0.403. The molecule has 22 aliphatic rings. The molecule has 30 atom stereocenters. The first-order valence-corrected chi connectivity index (χ1v) is 25.6. The van der Waals surface area contributed by atoms with Gasteiger partial charge in [0.25, 0.3) is 15.8 Å². The topological polar surface area (TPSA) is 541 Å². The molecule has 0 aliphatic carbocycles. The predicted molar refractivity (Wildman–Crippen MR) is 235 cm³/mol. The summed E-state index contributed by atoms with van der Waals surface area (Å²) < 4.78 is 102. The fourth-order valence-electron chi connectivity index (χ4n) is 9.98. The molecule has 0 spiro atoms. The van der Waals surface area contributed by atoms with Crippen LogP contribution in [0, 0.1) is 10.1 Å². The third-order valence-electron chi connectivity index (χ3n) is 14.2. The van der Waals surface area contributed by atoms with Crippen LogP contribution >= 0.6 is 0 Å². The van der Waals surface area contributed by atoms with Crippen LogP contribution in [-0.4, -0.2) is 324 Å². The monoisotopic (exact) mass is 1160 g/mol. The minimum Gasteiger partial charge on any atom is -0.394 e. The first kappa shape index (κ1) is 61.4. The Morgan fingerprint density at radius 2 is 0.654 bits per heavy atom. The number of ether oxygens (including phenoxy) is 12. The summed E-state index contributed by atoms with van der Waals surface area (Å²) in [5.74, 6) is 0. The summed E-state index contributed by atoms with van der Waals surface area (Å²) in [5, 5.41) is 200. The Bertz CT molecular complexity index is 2230. The van der Waals surface area contributed by atoms with Crippen LogP contribution in [0.3, 0.4) is 0 Å². The van der Waals surface area contributed by atoms with Gasteiger partial charge in [-0.25, -0.2) is 0 Å². The third-order valence-corrected chi connectivity index (χ3v) is 15.5. The lowest BCUT2D eigenvalue weighted by Gasteiger charge is -2.51. The van der Waals surface area contributed by atoms with E-state index >= 15 is 0 Å². The summed E-state index contributed by atoms with van der Waals surface area (Å²) >= 11 is 0. The Labute approximate surface area is 439 Å². The summed E-state index contributed by atoms with van der Waals surface area (Å²) in [5.41, 5.74) is -0.748. The highest BCUT2D eigenvalue weighted by Gasteiger charge is 2.59. The molecule has 0 aromatic heterocycles. The van der Waals surface area contributed by atoms with Gasteiger partial charge in [-0.05, 0) is 6.07 Å². The van der Waals surface area contributed by atoms with Crippen LogP contribution in [0.5, 0.6) is 0 Å². The number of rotatable bonds is 10. The third kappa shape index (κ3) is 12.1. The molecule has 446 valence electrons. The summed E-state index contributed by atoms with van der Waals surface area (Å²) in [6, 6.07) is 3.32. The second-order valence-corrected chi connectivity index (χ2v) is 20.7. The van der Waals surface area contributed by atoms with Gasteiger partial charge in [-0.2, -0.15) is 8.42 Å². The second kappa shape index (κ2) is 25.5. The van der Waals surface area contributed by atoms with Gasteiger partial charge in [0.05, 0.1) is 44.6 Å². The molecule has 1 aromatic carbocycles. The van der Waals surface area contributed by atoms with Gasteiger partial charge in [0.2, 0.25) is 0 Å². The fraction of sp³-hybridized carbons (Fsp3) is 0.857. The predicted octanol–water partition coefficient (Wildman–Crippen LogP) is -11.7. The maximum absolute atomic E-state index is 13.9. The number of aliphatic hydroxyl groups is 17. The number of hydrogen-bond acceptors (Lipinski definition) is 34. The Morgan fingerprint density at radius 1 is 0.397 bits per heavy atom. The molecule has 0 radical (unpaired) electrons. The van der Waals surface area contributed by atoms with Crippen molar-refractivity contribution >= 4 is 15.8 Å². The number of hydrogen-bond donors (Lipinski definition) is 17. The molecule has 0 amide bonds. The van der Waals surface area contributed by atoms with Crippen molar-refractivity contribution in [1.82, 2.24) is 0 Å². The normalized spacial score (nSPS) is 48.8. The van der Waals surface area contributed by atoms with E-state index in [9.17, 15) is 105 Å². The van der Waals surface area contributed by atoms with Crippen molar-refractivity contribution in [2.75, 3.05) is 39.6 Å². The van der Waals surface area contributed by atoms with Gasteiger partial charge in [0.1, 0.15) is 151 Å². The van der Waals surface area contributed by atoms with Crippen molar-refractivity contribution in [1.29, 1.82) is 0 Å². The summed E-state index contributed by atoms with van der Waals surface area (Å²) in [4.78, 5) is 9.77. The van der Waals surface area contributed by atoms with E-state index in [2.05, 4.69) is 0 Å². The van der Waals surface area contributed by atoms with E-state index in [0.29, 0.717) is 6.07 Å². The molecule has 0 unspecified atom stereocenters. The number of nitro benzene ring substituents is 1. The van der Waals surface area contributed by atoms with Gasteiger partial charge in [-0.1, -0.05) is 6.07 Å². The molecule has 17 N–H and O–H groups in total. The van der Waals surface area contributed by atoms with E-state index in [0.717, 1.165) is 18.2 Å². The van der Waals surface area contributed by atoms with Crippen LogP contribution in [0.4, 0.5) is 5.69 Å². The van der Waals surface area contributed by atoms with Crippen LogP contribution in [0.25, 0.3) is 0 Å². The first-order valence-electron chi connectivity index (χ1n) is 24.2. The lowest BCUT2D eigenvalue weighted by atomic mass is 9.94. The minimum absolute atomic E-state index is 0.570. The fourth-order valence-corrected chi connectivity index (χ4v) is 11.1. The Hall–Kier alpha value is -2.63. The second-order valence-electron chi connectivity index (χ2n) is 19.1. The van der Waals surface area contributed by atoms with Crippen LogP contribution in [0.2, 0.25) is 0 Å². The van der Waals surface area contributed by atoms with Gasteiger partial charge < -0.3 is 144 Å². The molecular formula is C42H63NO34S. The maximum atomic E-state index is 13.9. The maximum Gasteiger partial charge on any atom is 0.297 e. The SMILES string of the molecule is O=[N+]([O-])c1cccc(S(=O)(=O)O[C@@H]2[C@@H](O)[C@H]3O[C@H]4[C@H](O)[C@@H](O)[C@@H](O[C@H]5[C@H](O)[C@@H](O)[C@@H](O[C@H]6[C@H](O)[C@@H](O)[C@@H](O[C@H]7[C@H](O)[C@@H](O)[C@@H](O[C@H]8[C@H](O)[C@@H](O)[C@@H](O[C@H]2[C@@H](CO)O3)O[C@@H]8CO)O[C@@H]7CO)O[C@@H]6CO)O[C@@H]5CO)O[C@@H]4CO)c1. The number of non-ortho nitro benzene ring substituents is 1. The molecule has 0 saturated carbocycles. The number of nitro groups is 1. The van der Waals surface area contributed by atoms with Gasteiger partial charge in [-0.3, -0.25) is 14.3 Å². The van der Waals surface area contributed by atoms with Crippen molar-refractivity contribution < 1.29 is 161 Å². The summed E-state index contributed by atoms with van der Waals surface area (Å²) in [6.07, 6.45) is -63.3. The minimum atomic E-state index is -5.31. The van der Waals surface area contributed by atoms with E-state index in [4.69, 9.17) is 61.0 Å². The Morgan fingerprint density at radius 3 is 0.923 bits per heavy atom. The molecule has 12 bridgehead atoms. The van der Waals surface area contributed by atoms with Crippen molar-refractivity contribution in [2.45, 2.75) is 189 Å². The van der Waals surface area contributed by atoms with E-state index in [1.165, 1.54) is 0 Å². The highest BCUT2D eigenvalue weighted by molar-refractivity contribution is 7.86. The van der Waals surface area contributed by atoms with Gasteiger partial charge in [0, 0.05) is 12.1 Å². The average Bonchev–Trinajstić information content (AvgIpc) is 3.52. The van der Waals surface area contributed by atoms with E-state index in [-0.39, 0.29) is 0 Å².